The fourth-order valence-corrected chi connectivity index (χ4v) is 1.44. The summed E-state index contributed by atoms with van der Waals surface area (Å²) in [6, 6.07) is 10.6. The summed E-state index contributed by atoms with van der Waals surface area (Å²) in [6.45, 7) is 2.44. The van der Waals surface area contributed by atoms with E-state index in [4.69, 9.17) is 9.15 Å². The van der Waals surface area contributed by atoms with Crippen LogP contribution in [0.15, 0.2) is 47.1 Å². The van der Waals surface area contributed by atoms with E-state index in [9.17, 15) is 4.79 Å². The zero-order valence-corrected chi connectivity index (χ0v) is 9.47. The van der Waals surface area contributed by atoms with E-state index in [-0.39, 0.29) is 11.7 Å². The lowest BCUT2D eigenvalue weighted by molar-refractivity contribution is 0.0996. The Hall–Kier alpha value is -2.23. The second kappa shape index (κ2) is 5.21. The van der Waals surface area contributed by atoms with Gasteiger partial charge in [0.25, 0.3) is 5.91 Å². The summed E-state index contributed by atoms with van der Waals surface area (Å²) in [5, 5.41) is 2.74. The number of anilines is 1. The number of amides is 1. The highest BCUT2D eigenvalue weighted by Crippen LogP contribution is 2.24. The number of benzene rings is 1. The van der Waals surface area contributed by atoms with Crippen molar-refractivity contribution >= 4 is 11.6 Å². The summed E-state index contributed by atoms with van der Waals surface area (Å²) >= 11 is 0. The molecular formula is C13H13NO3. The molecule has 88 valence electrons. The van der Waals surface area contributed by atoms with Gasteiger partial charge in [-0.3, -0.25) is 4.79 Å². The van der Waals surface area contributed by atoms with E-state index in [1.165, 1.54) is 6.26 Å². The van der Waals surface area contributed by atoms with Crippen LogP contribution in [-0.2, 0) is 0 Å². The zero-order valence-electron chi connectivity index (χ0n) is 9.47. The summed E-state index contributed by atoms with van der Waals surface area (Å²) in [6.07, 6.45) is 1.46. The molecule has 0 saturated heterocycles. The van der Waals surface area contributed by atoms with Crippen molar-refractivity contribution in [2.75, 3.05) is 11.9 Å². The highest BCUT2D eigenvalue weighted by atomic mass is 16.5. The summed E-state index contributed by atoms with van der Waals surface area (Å²) in [5.41, 5.74) is 0.635. The number of ether oxygens (including phenoxy) is 1. The molecule has 2 aromatic rings. The topological polar surface area (TPSA) is 51.5 Å². The van der Waals surface area contributed by atoms with E-state index >= 15 is 0 Å². The van der Waals surface area contributed by atoms with Crippen molar-refractivity contribution in [2.45, 2.75) is 6.92 Å². The first kappa shape index (κ1) is 11.3. The highest BCUT2D eigenvalue weighted by molar-refractivity contribution is 6.03. The molecule has 4 heteroatoms. The third kappa shape index (κ3) is 2.66. The zero-order chi connectivity index (χ0) is 12.1. The van der Waals surface area contributed by atoms with Gasteiger partial charge in [-0.05, 0) is 31.2 Å². The van der Waals surface area contributed by atoms with Crippen molar-refractivity contribution in [3.05, 3.63) is 48.4 Å². The standard InChI is InChI=1S/C13H13NO3/c1-2-16-11-7-4-3-6-10(11)14-13(15)12-8-5-9-17-12/h3-9H,2H2,1H3,(H,14,15). The first-order chi connectivity index (χ1) is 8.31. The van der Waals surface area contributed by atoms with Gasteiger partial charge in [-0.2, -0.15) is 0 Å². The van der Waals surface area contributed by atoms with Crippen LogP contribution in [0, 0.1) is 0 Å². The minimum absolute atomic E-state index is 0.274. The Labute approximate surface area is 99.2 Å². The first-order valence-electron chi connectivity index (χ1n) is 5.38. The van der Waals surface area contributed by atoms with Crippen LogP contribution in [-0.4, -0.2) is 12.5 Å². The number of hydrogen-bond donors (Lipinski definition) is 1. The Morgan fingerprint density at radius 1 is 1.29 bits per heavy atom. The first-order valence-corrected chi connectivity index (χ1v) is 5.38. The number of para-hydroxylation sites is 2. The summed E-state index contributed by atoms with van der Waals surface area (Å²) in [5.74, 6) is 0.633. The highest BCUT2D eigenvalue weighted by Gasteiger charge is 2.11. The average molecular weight is 231 g/mol. The molecule has 0 spiro atoms. The number of nitrogens with one attached hydrogen (secondary N) is 1. The predicted octanol–water partition coefficient (Wildman–Crippen LogP) is 2.93. The molecule has 0 aliphatic heterocycles. The van der Waals surface area contributed by atoms with Crippen molar-refractivity contribution in [3.8, 4) is 5.75 Å². The molecule has 0 saturated carbocycles. The van der Waals surface area contributed by atoms with Gasteiger partial charge in [-0.25, -0.2) is 0 Å². The Bertz CT molecular complexity index is 491. The van der Waals surface area contributed by atoms with Crippen molar-refractivity contribution < 1.29 is 13.9 Å². The number of carbonyl (C=O) groups excluding carboxylic acids is 1. The lowest BCUT2D eigenvalue weighted by Gasteiger charge is -2.10. The van der Waals surface area contributed by atoms with Crippen LogP contribution in [0.5, 0.6) is 5.75 Å². The Morgan fingerprint density at radius 2 is 2.12 bits per heavy atom. The number of carbonyl (C=O) groups is 1. The predicted molar refractivity (Wildman–Crippen MR) is 64.3 cm³/mol. The van der Waals surface area contributed by atoms with E-state index in [0.717, 1.165) is 0 Å². The third-order valence-corrected chi connectivity index (χ3v) is 2.18. The molecule has 2 rings (SSSR count). The van der Waals surface area contributed by atoms with Gasteiger partial charge in [0.05, 0.1) is 18.6 Å². The van der Waals surface area contributed by atoms with Gasteiger partial charge in [0, 0.05) is 0 Å². The number of furan rings is 1. The van der Waals surface area contributed by atoms with E-state index in [0.29, 0.717) is 18.0 Å². The van der Waals surface area contributed by atoms with Crippen molar-refractivity contribution in [1.29, 1.82) is 0 Å². The third-order valence-electron chi connectivity index (χ3n) is 2.18. The molecule has 0 fully saturated rings. The molecule has 4 nitrogen and oxygen atoms in total. The number of hydrogen-bond acceptors (Lipinski definition) is 3. The van der Waals surface area contributed by atoms with Crippen molar-refractivity contribution in [2.24, 2.45) is 0 Å². The summed E-state index contributed by atoms with van der Waals surface area (Å²) < 4.78 is 10.4. The fourth-order valence-electron chi connectivity index (χ4n) is 1.44. The largest absolute Gasteiger partial charge is 0.492 e. The molecule has 0 unspecified atom stereocenters. The molecule has 0 radical (unpaired) electrons. The molecule has 1 heterocycles. The van der Waals surface area contributed by atoms with E-state index < -0.39 is 0 Å². The smallest absolute Gasteiger partial charge is 0.291 e. The molecule has 0 atom stereocenters. The monoisotopic (exact) mass is 231 g/mol. The molecule has 17 heavy (non-hydrogen) atoms. The Morgan fingerprint density at radius 3 is 2.82 bits per heavy atom. The van der Waals surface area contributed by atoms with Gasteiger partial charge in [-0.1, -0.05) is 12.1 Å². The summed E-state index contributed by atoms with van der Waals surface area (Å²) in [7, 11) is 0. The van der Waals surface area contributed by atoms with Gasteiger partial charge in [0.2, 0.25) is 0 Å². The van der Waals surface area contributed by atoms with Crippen LogP contribution >= 0.6 is 0 Å². The second-order valence-corrected chi connectivity index (χ2v) is 3.36. The minimum Gasteiger partial charge on any atom is -0.492 e. The molecule has 1 N–H and O–H groups in total. The van der Waals surface area contributed by atoms with Crippen molar-refractivity contribution in [3.63, 3.8) is 0 Å². The van der Waals surface area contributed by atoms with E-state index in [2.05, 4.69) is 5.32 Å². The Kier molecular flexibility index (Phi) is 3.45. The van der Waals surface area contributed by atoms with Crippen LogP contribution in [0.2, 0.25) is 0 Å². The van der Waals surface area contributed by atoms with Crippen molar-refractivity contribution in [1.82, 2.24) is 0 Å². The van der Waals surface area contributed by atoms with Gasteiger partial charge < -0.3 is 14.5 Å². The average Bonchev–Trinajstić information content (AvgIpc) is 2.85. The lowest BCUT2D eigenvalue weighted by atomic mass is 10.3. The molecule has 0 aliphatic carbocycles. The molecule has 1 aromatic heterocycles. The van der Waals surface area contributed by atoms with Gasteiger partial charge in [0.15, 0.2) is 5.76 Å². The maximum atomic E-state index is 11.8. The maximum absolute atomic E-state index is 11.8. The van der Waals surface area contributed by atoms with E-state index in [1.54, 1.807) is 24.3 Å². The van der Waals surface area contributed by atoms with E-state index in [1.807, 2.05) is 19.1 Å². The SMILES string of the molecule is CCOc1ccccc1NC(=O)c1ccco1. The summed E-state index contributed by atoms with van der Waals surface area (Å²) in [4.78, 5) is 11.8. The molecular weight excluding hydrogens is 218 g/mol. The second-order valence-electron chi connectivity index (χ2n) is 3.36. The molecule has 1 aromatic carbocycles. The normalized spacial score (nSPS) is 9.94. The quantitative estimate of drug-likeness (QED) is 0.880. The molecule has 0 aliphatic rings. The van der Waals surface area contributed by atoms with Gasteiger partial charge in [-0.15, -0.1) is 0 Å². The maximum Gasteiger partial charge on any atom is 0.291 e. The fraction of sp³-hybridized carbons (Fsp3) is 0.154. The van der Waals surface area contributed by atoms with Crippen LogP contribution in [0.25, 0.3) is 0 Å². The lowest BCUT2D eigenvalue weighted by Crippen LogP contribution is -2.11. The molecule has 0 bridgehead atoms. The number of rotatable bonds is 4. The van der Waals surface area contributed by atoms with Crippen LogP contribution in [0.3, 0.4) is 0 Å². The van der Waals surface area contributed by atoms with Gasteiger partial charge >= 0.3 is 0 Å². The Balaban J connectivity index is 2.15. The molecule has 1 amide bonds. The van der Waals surface area contributed by atoms with Gasteiger partial charge in [0.1, 0.15) is 5.75 Å². The van der Waals surface area contributed by atoms with Crippen LogP contribution in [0.1, 0.15) is 17.5 Å². The van der Waals surface area contributed by atoms with Crippen LogP contribution in [0.4, 0.5) is 5.69 Å². The minimum atomic E-state index is -0.290. The van der Waals surface area contributed by atoms with Crippen LogP contribution < -0.4 is 10.1 Å².